The number of carbonyl (C=O) groups excluding carboxylic acids is 1. The number of carbonyl (C=O) groups is 1. The molecule has 0 spiro atoms. The second-order valence-corrected chi connectivity index (χ2v) is 15.6. The first kappa shape index (κ1) is 28.0. The van der Waals surface area contributed by atoms with Crippen LogP contribution in [0.4, 0.5) is 0 Å². The predicted octanol–water partition coefficient (Wildman–Crippen LogP) is 9.05. The molecule has 212 valence electrons. The van der Waals surface area contributed by atoms with Gasteiger partial charge in [-0.05, 0) is 109 Å². The molecule has 4 unspecified atom stereocenters. The Morgan fingerprint density at radius 3 is 2.29 bits per heavy atom. The highest BCUT2D eigenvalue weighted by Gasteiger charge is 2.69. The summed E-state index contributed by atoms with van der Waals surface area (Å²) in [7, 11) is 0. The Labute approximate surface area is 232 Å². The molecule has 0 aromatic carbocycles. The number of esters is 1. The van der Waals surface area contributed by atoms with Crippen LogP contribution in [0.1, 0.15) is 114 Å². The lowest BCUT2D eigenvalue weighted by Gasteiger charge is -2.72. The second-order valence-electron chi connectivity index (χ2n) is 15.6. The Morgan fingerprint density at radius 2 is 1.66 bits per heavy atom. The average molecular weight is 523 g/mol. The fourth-order valence-corrected chi connectivity index (χ4v) is 11.2. The monoisotopic (exact) mass is 522 g/mol. The molecule has 0 bridgehead atoms. The van der Waals surface area contributed by atoms with E-state index in [4.69, 9.17) is 9.47 Å². The molecule has 4 saturated carbocycles. The van der Waals surface area contributed by atoms with Gasteiger partial charge in [0.25, 0.3) is 0 Å². The van der Waals surface area contributed by atoms with Crippen LogP contribution in [-0.4, -0.2) is 18.7 Å². The van der Waals surface area contributed by atoms with E-state index in [1.165, 1.54) is 44.1 Å². The number of ether oxygens (including phenoxy) is 2. The first-order chi connectivity index (χ1) is 17.6. The number of rotatable bonds is 5. The normalized spacial score (nSPS) is 45.1. The van der Waals surface area contributed by atoms with Crippen LogP contribution in [0, 0.1) is 50.7 Å². The third-order valence-corrected chi connectivity index (χ3v) is 13.2. The van der Waals surface area contributed by atoms with E-state index >= 15 is 0 Å². The minimum atomic E-state index is -0.158. The van der Waals surface area contributed by atoms with Gasteiger partial charge in [0.05, 0.1) is 5.76 Å². The smallest absolute Gasteiger partial charge is 0.302 e. The second kappa shape index (κ2) is 9.00. The summed E-state index contributed by atoms with van der Waals surface area (Å²) in [6.07, 6.45) is 15.0. The standard InChI is InChI=1S/C35H54O3/c1-22(2)25-13-18-35(21-37-24(5)36)20-19-33(9)26(30(25)35)11-12-28-32(8)16-15-29(38-23(3)4)31(6,7)27(32)14-17-34(28,33)10/h13,18,22,26-29H,3,11-12,14-17,19-21H2,1-2,4-10H3/t26?,27?,28?,29-,32?,33+,34+,35+/m0/s1. The molecular weight excluding hydrogens is 468 g/mol. The highest BCUT2D eigenvalue weighted by molar-refractivity contribution is 5.66. The lowest BCUT2D eigenvalue weighted by Crippen LogP contribution is -2.65. The van der Waals surface area contributed by atoms with Gasteiger partial charge in [0.15, 0.2) is 0 Å². The maximum atomic E-state index is 11.9. The SMILES string of the molecule is C=C(C)O[C@H]1CCC2(C)C(CC[C@]3(C)C2CCC2C4=C(C(C)C)C=C[C@]4(COC(C)=O)CC[C@]23C)C1(C)C. The van der Waals surface area contributed by atoms with Gasteiger partial charge in [-0.25, -0.2) is 0 Å². The van der Waals surface area contributed by atoms with Crippen molar-refractivity contribution in [2.75, 3.05) is 6.61 Å². The molecule has 5 aliphatic carbocycles. The van der Waals surface area contributed by atoms with Crippen LogP contribution in [0.25, 0.3) is 0 Å². The third kappa shape index (κ3) is 3.76. The zero-order chi connectivity index (χ0) is 27.9. The molecule has 0 saturated heterocycles. The predicted molar refractivity (Wildman–Crippen MR) is 155 cm³/mol. The molecule has 0 heterocycles. The highest BCUT2D eigenvalue weighted by atomic mass is 16.5. The molecule has 0 amide bonds. The summed E-state index contributed by atoms with van der Waals surface area (Å²) in [4.78, 5) is 11.9. The van der Waals surface area contributed by atoms with Crippen molar-refractivity contribution in [2.45, 2.75) is 120 Å². The van der Waals surface area contributed by atoms with Gasteiger partial charge < -0.3 is 9.47 Å². The summed E-state index contributed by atoms with van der Waals surface area (Å²) >= 11 is 0. The van der Waals surface area contributed by atoms with Crippen molar-refractivity contribution in [3.05, 3.63) is 35.6 Å². The summed E-state index contributed by atoms with van der Waals surface area (Å²) in [5.41, 5.74) is 4.13. The van der Waals surface area contributed by atoms with Crippen molar-refractivity contribution in [3.63, 3.8) is 0 Å². The average Bonchev–Trinajstić information content (AvgIpc) is 3.20. The van der Waals surface area contributed by atoms with E-state index < -0.39 is 0 Å². The van der Waals surface area contributed by atoms with Crippen molar-refractivity contribution in [3.8, 4) is 0 Å². The number of hydrogen-bond acceptors (Lipinski definition) is 3. The first-order valence-corrected chi connectivity index (χ1v) is 15.5. The molecule has 5 aliphatic rings. The van der Waals surface area contributed by atoms with Crippen molar-refractivity contribution >= 4 is 5.97 Å². The fraction of sp³-hybridized carbons (Fsp3) is 0.800. The van der Waals surface area contributed by atoms with E-state index in [1.54, 1.807) is 12.5 Å². The molecule has 0 N–H and O–H groups in total. The largest absolute Gasteiger partial charge is 0.495 e. The molecule has 4 fully saturated rings. The quantitative estimate of drug-likeness (QED) is 0.267. The summed E-state index contributed by atoms with van der Waals surface area (Å²) < 4.78 is 12.1. The van der Waals surface area contributed by atoms with Gasteiger partial charge in [-0.1, -0.05) is 67.2 Å². The summed E-state index contributed by atoms with van der Waals surface area (Å²) in [5.74, 6) is 3.17. The molecule has 8 atom stereocenters. The molecule has 0 radical (unpaired) electrons. The minimum absolute atomic E-state index is 0.0975. The number of hydrogen-bond donors (Lipinski definition) is 0. The Balaban J connectivity index is 1.52. The molecule has 38 heavy (non-hydrogen) atoms. The van der Waals surface area contributed by atoms with Crippen LogP contribution < -0.4 is 0 Å². The van der Waals surface area contributed by atoms with E-state index in [9.17, 15) is 4.79 Å². The maximum absolute atomic E-state index is 11.9. The molecule has 0 aromatic heterocycles. The van der Waals surface area contributed by atoms with Crippen LogP contribution >= 0.6 is 0 Å². The Kier molecular flexibility index (Phi) is 6.64. The van der Waals surface area contributed by atoms with E-state index in [-0.39, 0.29) is 28.3 Å². The molecule has 0 aliphatic heterocycles. The van der Waals surface area contributed by atoms with Crippen LogP contribution in [0.2, 0.25) is 0 Å². The van der Waals surface area contributed by atoms with Gasteiger partial charge in [-0.3, -0.25) is 4.79 Å². The van der Waals surface area contributed by atoms with Gasteiger partial charge in [0, 0.05) is 17.8 Å². The van der Waals surface area contributed by atoms with Crippen molar-refractivity contribution in [2.24, 2.45) is 50.7 Å². The first-order valence-electron chi connectivity index (χ1n) is 15.5. The highest BCUT2D eigenvalue weighted by Crippen LogP contribution is 2.76. The maximum Gasteiger partial charge on any atom is 0.302 e. The lowest BCUT2D eigenvalue weighted by molar-refractivity contribution is -0.230. The van der Waals surface area contributed by atoms with Gasteiger partial charge in [-0.2, -0.15) is 0 Å². The summed E-state index contributed by atoms with van der Waals surface area (Å²) in [6, 6.07) is 0. The van der Waals surface area contributed by atoms with Crippen molar-refractivity contribution < 1.29 is 14.3 Å². The Hall–Kier alpha value is -1.51. The molecule has 0 aromatic rings. The molecular formula is C35H54O3. The van der Waals surface area contributed by atoms with Crippen LogP contribution in [0.15, 0.2) is 35.6 Å². The Bertz CT molecular complexity index is 1060. The van der Waals surface area contributed by atoms with E-state index in [0.29, 0.717) is 35.2 Å². The minimum Gasteiger partial charge on any atom is -0.495 e. The summed E-state index contributed by atoms with van der Waals surface area (Å²) in [6.45, 7) is 25.8. The van der Waals surface area contributed by atoms with Crippen LogP contribution in [0.3, 0.4) is 0 Å². The zero-order valence-electron chi connectivity index (χ0n) is 25.8. The molecule has 5 rings (SSSR count). The van der Waals surface area contributed by atoms with Crippen LogP contribution in [-0.2, 0) is 14.3 Å². The van der Waals surface area contributed by atoms with Gasteiger partial charge in [0.2, 0.25) is 0 Å². The van der Waals surface area contributed by atoms with Gasteiger partial charge >= 0.3 is 5.97 Å². The van der Waals surface area contributed by atoms with Crippen molar-refractivity contribution in [1.82, 2.24) is 0 Å². The summed E-state index contributed by atoms with van der Waals surface area (Å²) in [5, 5.41) is 0. The van der Waals surface area contributed by atoms with E-state index in [1.807, 2.05) is 6.92 Å². The Morgan fingerprint density at radius 1 is 0.947 bits per heavy atom. The van der Waals surface area contributed by atoms with E-state index in [2.05, 4.69) is 67.2 Å². The lowest BCUT2D eigenvalue weighted by atomic mass is 9.33. The van der Waals surface area contributed by atoms with Crippen molar-refractivity contribution in [1.29, 1.82) is 0 Å². The van der Waals surface area contributed by atoms with Gasteiger partial charge in [-0.15, -0.1) is 0 Å². The van der Waals surface area contributed by atoms with Gasteiger partial charge in [0.1, 0.15) is 12.7 Å². The fourth-order valence-electron chi connectivity index (χ4n) is 11.2. The zero-order valence-corrected chi connectivity index (χ0v) is 25.8. The van der Waals surface area contributed by atoms with E-state index in [0.717, 1.165) is 24.5 Å². The third-order valence-electron chi connectivity index (χ3n) is 13.2. The number of fused-ring (bicyclic) bond motifs is 7. The topological polar surface area (TPSA) is 35.5 Å². The van der Waals surface area contributed by atoms with Crippen LogP contribution in [0.5, 0.6) is 0 Å². The number of allylic oxidation sites excluding steroid dienone is 3. The molecule has 3 heteroatoms. The molecule has 3 nitrogen and oxygen atoms in total.